The fourth-order valence-electron chi connectivity index (χ4n) is 1.32. The van der Waals surface area contributed by atoms with Crippen molar-refractivity contribution >= 4 is 31.4 Å². The summed E-state index contributed by atoms with van der Waals surface area (Å²) in [7, 11) is -0.239. The van der Waals surface area contributed by atoms with Crippen molar-refractivity contribution in [1.82, 2.24) is 4.31 Å². The van der Waals surface area contributed by atoms with Crippen LogP contribution in [0.4, 0.5) is 0 Å². The molecule has 1 heterocycles. The van der Waals surface area contributed by atoms with Gasteiger partial charge in [0.25, 0.3) is 0 Å². The van der Waals surface area contributed by atoms with E-state index in [1.54, 1.807) is 23.5 Å². The third kappa shape index (κ3) is 1.78. The van der Waals surface area contributed by atoms with Crippen LogP contribution in [0.15, 0.2) is 34.5 Å². The molecule has 0 fully saturated rings. The molecule has 5 heteroatoms. The number of hydrogen-bond donors (Lipinski definition) is 0. The summed E-state index contributed by atoms with van der Waals surface area (Å²) < 4.78 is 26.0. The number of thiophene rings is 1. The van der Waals surface area contributed by atoms with Crippen LogP contribution < -0.4 is 0 Å². The summed E-state index contributed by atoms with van der Waals surface area (Å²) in [5, 5.41) is 2.93. The fraction of sp³-hybridized carbons (Fsp3) is 0.200. The Balaban J connectivity index is 2.63. The number of hydrogen-bond acceptors (Lipinski definition) is 3. The third-order valence-corrected chi connectivity index (χ3v) is 4.91. The van der Waals surface area contributed by atoms with E-state index in [9.17, 15) is 8.42 Å². The highest BCUT2D eigenvalue weighted by Gasteiger charge is 2.17. The molecule has 0 aliphatic heterocycles. The van der Waals surface area contributed by atoms with Gasteiger partial charge in [0, 0.05) is 18.8 Å². The van der Waals surface area contributed by atoms with E-state index < -0.39 is 10.0 Å². The van der Waals surface area contributed by atoms with Crippen LogP contribution in [0.5, 0.6) is 0 Å². The minimum absolute atomic E-state index is 0.346. The van der Waals surface area contributed by atoms with Gasteiger partial charge in [-0.05, 0) is 35.0 Å². The van der Waals surface area contributed by atoms with E-state index >= 15 is 0 Å². The van der Waals surface area contributed by atoms with E-state index in [0.29, 0.717) is 4.90 Å². The summed E-state index contributed by atoms with van der Waals surface area (Å²) >= 11 is 1.61. The van der Waals surface area contributed by atoms with E-state index in [1.165, 1.54) is 18.4 Å². The minimum Gasteiger partial charge on any atom is -0.207 e. The molecule has 0 unspecified atom stereocenters. The summed E-state index contributed by atoms with van der Waals surface area (Å²) in [6.45, 7) is 0. The summed E-state index contributed by atoms with van der Waals surface area (Å²) in [5.74, 6) is 0. The van der Waals surface area contributed by atoms with Crippen LogP contribution in [-0.4, -0.2) is 26.8 Å². The molecule has 0 spiro atoms. The average Bonchev–Trinajstić information content (AvgIpc) is 2.63. The predicted molar refractivity (Wildman–Crippen MR) is 62.7 cm³/mol. The molecule has 3 nitrogen and oxygen atoms in total. The summed E-state index contributed by atoms with van der Waals surface area (Å²) in [5.41, 5.74) is 0. The summed E-state index contributed by atoms with van der Waals surface area (Å²) in [6, 6.07) is 7.13. The van der Waals surface area contributed by atoms with E-state index in [4.69, 9.17) is 0 Å². The van der Waals surface area contributed by atoms with Gasteiger partial charge in [-0.15, -0.1) is 11.3 Å². The van der Waals surface area contributed by atoms with Gasteiger partial charge in [-0.2, -0.15) is 0 Å². The molecule has 0 saturated heterocycles. The minimum atomic E-state index is -3.31. The van der Waals surface area contributed by atoms with E-state index in [-0.39, 0.29) is 0 Å². The van der Waals surface area contributed by atoms with Crippen LogP contribution >= 0.6 is 11.3 Å². The molecule has 15 heavy (non-hydrogen) atoms. The van der Waals surface area contributed by atoms with Gasteiger partial charge in [-0.25, -0.2) is 12.7 Å². The average molecular weight is 241 g/mol. The summed E-state index contributed by atoms with van der Waals surface area (Å²) in [4.78, 5) is 0.346. The van der Waals surface area contributed by atoms with E-state index in [0.717, 1.165) is 10.1 Å². The highest BCUT2D eigenvalue weighted by Crippen LogP contribution is 2.24. The van der Waals surface area contributed by atoms with Gasteiger partial charge >= 0.3 is 0 Å². The Labute approximate surface area is 93.0 Å². The monoisotopic (exact) mass is 241 g/mol. The number of sulfonamides is 1. The maximum absolute atomic E-state index is 11.8. The van der Waals surface area contributed by atoms with Gasteiger partial charge in [0.2, 0.25) is 10.0 Å². The first-order valence-electron chi connectivity index (χ1n) is 4.41. The topological polar surface area (TPSA) is 37.4 Å². The van der Waals surface area contributed by atoms with Gasteiger partial charge in [0.05, 0.1) is 4.90 Å². The van der Waals surface area contributed by atoms with Crippen molar-refractivity contribution in [3.8, 4) is 0 Å². The molecule has 1 aromatic carbocycles. The fourth-order valence-corrected chi connectivity index (χ4v) is 3.02. The van der Waals surface area contributed by atoms with Crippen molar-refractivity contribution in [2.45, 2.75) is 4.90 Å². The molecule has 2 aromatic rings. The van der Waals surface area contributed by atoms with Crippen molar-refractivity contribution < 1.29 is 8.42 Å². The second kappa shape index (κ2) is 3.59. The Morgan fingerprint density at radius 3 is 2.60 bits per heavy atom. The number of benzene rings is 1. The van der Waals surface area contributed by atoms with Crippen molar-refractivity contribution in [3.63, 3.8) is 0 Å². The smallest absolute Gasteiger partial charge is 0.207 e. The quantitative estimate of drug-likeness (QED) is 0.808. The lowest BCUT2D eigenvalue weighted by Gasteiger charge is -2.10. The van der Waals surface area contributed by atoms with Crippen LogP contribution in [0.2, 0.25) is 0 Å². The van der Waals surface area contributed by atoms with Gasteiger partial charge in [-0.1, -0.05) is 0 Å². The zero-order valence-corrected chi connectivity index (χ0v) is 10.1. The molecular weight excluding hydrogens is 230 g/mol. The van der Waals surface area contributed by atoms with Gasteiger partial charge in [0.15, 0.2) is 0 Å². The first kappa shape index (κ1) is 10.6. The maximum atomic E-state index is 11.8. The third-order valence-electron chi connectivity index (χ3n) is 2.20. The van der Waals surface area contributed by atoms with Crippen LogP contribution in [0.3, 0.4) is 0 Å². The van der Waals surface area contributed by atoms with Crippen molar-refractivity contribution in [2.24, 2.45) is 0 Å². The zero-order chi connectivity index (χ0) is 11.1. The van der Waals surface area contributed by atoms with Crippen LogP contribution in [0.25, 0.3) is 10.1 Å². The Bertz CT molecular complexity index is 584. The summed E-state index contributed by atoms with van der Waals surface area (Å²) in [6.07, 6.45) is 0. The Morgan fingerprint density at radius 1 is 1.20 bits per heavy atom. The van der Waals surface area contributed by atoms with Crippen LogP contribution in [-0.2, 0) is 10.0 Å². The highest BCUT2D eigenvalue weighted by molar-refractivity contribution is 7.89. The molecular formula is C10H11NO2S2. The lowest BCUT2D eigenvalue weighted by Crippen LogP contribution is -2.22. The van der Waals surface area contributed by atoms with Crippen molar-refractivity contribution in [1.29, 1.82) is 0 Å². The van der Waals surface area contributed by atoms with Crippen molar-refractivity contribution in [2.75, 3.05) is 14.1 Å². The van der Waals surface area contributed by atoms with Crippen LogP contribution in [0, 0.1) is 0 Å². The van der Waals surface area contributed by atoms with Gasteiger partial charge in [-0.3, -0.25) is 0 Å². The largest absolute Gasteiger partial charge is 0.242 e. The Kier molecular flexibility index (Phi) is 2.54. The lowest BCUT2D eigenvalue weighted by atomic mass is 10.3. The lowest BCUT2D eigenvalue weighted by molar-refractivity contribution is 0.521. The van der Waals surface area contributed by atoms with Crippen LogP contribution in [0.1, 0.15) is 0 Å². The zero-order valence-electron chi connectivity index (χ0n) is 8.47. The molecule has 0 saturated carbocycles. The number of rotatable bonds is 2. The molecule has 0 radical (unpaired) electrons. The second-order valence-electron chi connectivity index (χ2n) is 3.41. The normalized spacial score (nSPS) is 12.5. The van der Waals surface area contributed by atoms with E-state index in [1.807, 2.05) is 17.5 Å². The van der Waals surface area contributed by atoms with Crippen molar-refractivity contribution in [3.05, 3.63) is 29.6 Å². The first-order chi connectivity index (χ1) is 7.01. The predicted octanol–water partition coefficient (Wildman–Crippen LogP) is 2.15. The van der Waals surface area contributed by atoms with Gasteiger partial charge in [0.1, 0.15) is 0 Å². The number of nitrogens with zero attached hydrogens (tertiary/aromatic N) is 1. The first-order valence-corrected chi connectivity index (χ1v) is 6.73. The maximum Gasteiger partial charge on any atom is 0.242 e. The molecule has 0 amide bonds. The number of fused-ring (bicyclic) bond motifs is 1. The Hall–Kier alpha value is -0.910. The molecule has 0 aliphatic rings. The molecule has 0 N–H and O–H groups in total. The molecule has 0 bridgehead atoms. The Morgan fingerprint density at radius 2 is 1.93 bits per heavy atom. The standard InChI is InChI=1S/C10H11NO2S2/c1-11(2)15(12,13)9-3-4-10-8(7-9)5-6-14-10/h3-7H,1-2H3. The molecule has 80 valence electrons. The molecule has 0 aliphatic carbocycles. The molecule has 2 rings (SSSR count). The molecule has 0 atom stereocenters. The highest BCUT2D eigenvalue weighted by atomic mass is 32.2. The van der Waals surface area contributed by atoms with Gasteiger partial charge < -0.3 is 0 Å². The van der Waals surface area contributed by atoms with E-state index in [2.05, 4.69) is 0 Å². The SMILES string of the molecule is CN(C)S(=O)(=O)c1ccc2sccc2c1. The molecule has 1 aromatic heterocycles. The second-order valence-corrected chi connectivity index (χ2v) is 6.51.